The van der Waals surface area contributed by atoms with E-state index in [2.05, 4.69) is 5.32 Å². The minimum atomic E-state index is -0.238. The summed E-state index contributed by atoms with van der Waals surface area (Å²) >= 11 is 1.23. The Bertz CT molecular complexity index is 382. The maximum Gasteiger partial charge on any atom is 0.261 e. The second-order valence-electron chi connectivity index (χ2n) is 3.52. The van der Waals surface area contributed by atoms with Crippen LogP contribution in [0.5, 0.6) is 0 Å². The van der Waals surface area contributed by atoms with E-state index in [4.69, 9.17) is 5.11 Å². The Morgan fingerprint density at radius 1 is 1.56 bits per heavy atom. The minimum absolute atomic E-state index is 0.0514. The Kier molecular flexibility index (Phi) is 4.64. The topological polar surface area (TPSA) is 66.4 Å². The average Bonchev–Trinajstić information content (AvgIpc) is 2.74. The van der Waals surface area contributed by atoms with Gasteiger partial charge >= 0.3 is 0 Å². The molecule has 0 aliphatic carbocycles. The van der Waals surface area contributed by atoms with Crippen molar-refractivity contribution in [2.24, 2.45) is 0 Å². The van der Waals surface area contributed by atoms with E-state index in [1.165, 1.54) is 18.3 Å². The summed E-state index contributed by atoms with van der Waals surface area (Å²) in [6.07, 6.45) is 0.674. The standard InChI is InChI=1S/C11H15NO3S/c1-3-9(5-13)12-11(15)10-4-8(6-16-10)7(2)14/h4,6,9,13H,3,5H2,1-2H3,(H,12,15)/t9-/m1/s1. The molecule has 0 aliphatic heterocycles. The summed E-state index contributed by atoms with van der Waals surface area (Å²) in [4.78, 5) is 23.2. The fourth-order valence-corrected chi connectivity index (χ4v) is 2.02. The Morgan fingerprint density at radius 3 is 2.69 bits per heavy atom. The Balaban J connectivity index is 2.69. The van der Waals surface area contributed by atoms with Crippen molar-refractivity contribution < 1.29 is 14.7 Å². The van der Waals surface area contributed by atoms with Crippen molar-refractivity contribution >= 4 is 23.0 Å². The van der Waals surface area contributed by atoms with Crippen LogP contribution in [0.15, 0.2) is 11.4 Å². The number of Topliss-reactive ketones (excluding diaryl/α,β-unsaturated/α-hetero) is 1. The summed E-state index contributed by atoms with van der Waals surface area (Å²) in [7, 11) is 0. The molecule has 1 rings (SSSR count). The molecule has 0 aromatic carbocycles. The summed E-state index contributed by atoms with van der Waals surface area (Å²) in [6, 6.07) is 1.35. The summed E-state index contributed by atoms with van der Waals surface area (Å²) in [5.41, 5.74) is 0.548. The Hall–Kier alpha value is -1.20. The molecule has 1 aromatic rings. The first-order chi connectivity index (χ1) is 7.58. The van der Waals surface area contributed by atoms with Crippen LogP contribution >= 0.6 is 11.3 Å². The van der Waals surface area contributed by atoms with Crippen LogP contribution in [0.3, 0.4) is 0 Å². The van der Waals surface area contributed by atoms with Gasteiger partial charge in [-0.2, -0.15) is 0 Å². The molecule has 0 aliphatic rings. The summed E-state index contributed by atoms with van der Waals surface area (Å²) < 4.78 is 0. The van der Waals surface area contributed by atoms with Gasteiger partial charge in [-0.3, -0.25) is 9.59 Å². The molecule has 0 saturated heterocycles. The summed E-state index contributed by atoms with van der Waals surface area (Å²) in [6.45, 7) is 3.27. The van der Waals surface area contributed by atoms with Crippen molar-refractivity contribution in [2.45, 2.75) is 26.3 Å². The zero-order valence-electron chi connectivity index (χ0n) is 9.32. The van der Waals surface area contributed by atoms with Crippen LogP contribution in [0.1, 0.15) is 40.3 Å². The first kappa shape index (κ1) is 12.9. The number of carbonyl (C=O) groups is 2. The molecule has 0 radical (unpaired) electrons. The highest BCUT2D eigenvalue weighted by Gasteiger charge is 2.14. The Morgan fingerprint density at radius 2 is 2.25 bits per heavy atom. The average molecular weight is 241 g/mol. The lowest BCUT2D eigenvalue weighted by atomic mass is 10.2. The number of aliphatic hydroxyl groups is 1. The number of ketones is 1. The van der Waals surface area contributed by atoms with Crippen molar-refractivity contribution in [3.05, 3.63) is 21.9 Å². The van der Waals surface area contributed by atoms with E-state index in [1.807, 2.05) is 6.92 Å². The highest BCUT2D eigenvalue weighted by molar-refractivity contribution is 7.12. The van der Waals surface area contributed by atoms with Crippen molar-refractivity contribution in [3.63, 3.8) is 0 Å². The van der Waals surface area contributed by atoms with Gasteiger partial charge in [0.25, 0.3) is 5.91 Å². The quantitative estimate of drug-likeness (QED) is 0.767. The molecule has 2 N–H and O–H groups in total. The molecule has 0 spiro atoms. The van der Waals surface area contributed by atoms with E-state index < -0.39 is 0 Å². The maximum atomic E-state index is 11.7. The van der Waals surface area contributed by atoms with Gasteiger partial charge in [-0.25, -0.2) is 0 Å². The van der Waals surface area contributed by atoms with Crippen LogP contribution in [0.4, 0.5) is 0 Å². The highest BCUT2D eigenvalue weighted by Crippen LogP contribution is 2.15. The fourth-order valence-electron chi connectivity index (χ4n) is 1.17. The first-order valence-electron chi connectivity index (χ1n) is 5.09. The molecule has 1 aromatic heterocycles. The van der Waals surface area contributed by atoms with Gasteiger partial charge in [0, 0.05) is 10.9 Å². The van der Waals surface area contributed by atoms with E-state index >= 15 is 0 Å². The van der Waals surface area contributed by atoms with E-state index in [0.717, 1.165) is 0 Å². The normalized spacial score (nSPS) is 12.2. The zero-order chi connectivity index (χ0) is 12.1. The molecule has 16 heavy (non-hydrogen) atoms. The third kappa shape index (κ3) is 3.15. The number of carbonyl (C=O) groups excluding carboxylic acids is 2. The van der Waals surface area contributed by atoms with Crippen molar-refractivity contribution in [2.75, 3.05) is 6.61 Å². The van der Waals surface area contributed by atoms with Crippen molar-refractivity contribution in [3.8, 4) is 0 Å². The summed E-state index contributed by atoms with van der Waals surface area (Å²) in [5.74, 6) is -0.289. The van der Waals surface area contributed by atoms with Gasteiger partial charge in [-0.1, -0.05) is 6.92 Å². The predicted molar refractivity (Wildman–Crippen MR) is 63.0 cm³/mol. The van der Waals surface area contributed by atoms with Gasteiger partial charge in [0.1, 0.15) is 0 Å². The largest absolute Gasteiger partial charge is 0.394 e. The molecule has 0 fully saturated rings. The predicted octanol–water partition coefficient (Wildman–Crippen LogP) is 1.45. The van der Waals surface area contributed by atoms with E-state index in [1.54, 1.807) is 11.4 Å². The number of rotatable bonds is 5. The van der Waals surface area contributed by atoms with Gasteiger partial charge in [-0.05, 0) is 19.4 Å². The highest BCUT2D eigenvalue weighted by atomic mass is 32.1. The molecule has 0 unspecified atom stereocenters. The molecule has 0 bridgehead atoms. The molecule has 88 valence electrons. The van der Waals surface area contributed by atoms with Gasteiger partial charge < -0.3 is 10.4 Å². The molecule has 1 heterocycles. The molecule has 1 atom stereocenters. The van der Waals surface area contributed by atoms with Gasteiger partial charge in [0.15, 0.2) is 5.78 Å². The number of amides is 1. The SMILES string of the molecule is CC[C@H](CO)NC(=O)c1cc(C(C)=O)cs1. The second-order valence-corrected chi connectivity index (χ2v) is 4.43. The van der Waals surface area contributed by atoms with Crippen molar-refractivity contribution in [1.29, 1.82) is 0 Å². The van der Waals surface area contributed by atoms with Crippen LogP contribution in [0.25, 0.3) is 0 Å². The number of thiophene rings is 1. The first-order valence-corrected chi connectivity index (χ1v) is 5.97. The molecule has 4 nitrogen and oxygen atoms in total. The number of aliphatic hydroxyl groups excluding tert-OH is 1. The Labute approximate surface area is 98.3 Å². The molecule has 1 amide bonds. The van der Waals surface area contributed by atoms with Crippen LogP contribution in [-0.2, 0) is 0 Å². The van der Waals surface area contributed by atoms with Gasteiger partial charge in [0.2, 0.25) is 0 Å². The zero-order valence-corrected chi connectivity index (χ0v) is 10.1. The van der Waals surface area contributed by atoms with Crippen molar-refractivity contribution in [1.82, 2.24) is 5.32 Å². The third-order valence-corrected chi connectivity index (χ3v) is 3.21. The lowest BCUT2D eigenvalue weighted by molar-refractivity contribution is 0.0919. The molecule has 0 saturated carbocycles. The lowest BCUT2D eigenvalue weighted by Crippen LogP contribution is -2.36. The monoisotopic (exact) mass is 241 g/mol. The van der Waals surface area contributed by atoms with Crippen LogP contribution in [-0.4, -0.2) is 29.4 Å². The van der Waals surface area contributed by atoms with Gasteiger partial charge in [-0.15, -0.1) is 11.3 Å². The number of hydrogen-bond acceptors (Lipinski definition) is 4. The molecular formula is C11H15NO3S. The van der Waals surface area contributed by atoms with Crippen LogP contribution < -0.4 is 5.32 Å². The molecular weight excluding hydrogens is 226 g/mol. The molecule has 5 heteroatoms. The smallest absolute Gasteiger partial charge is 0.261 e. The number of nitrogens with one attached hydrogen (secondary N) is 1. The summed E-state index contributed by atoms with van der Waals surface area (Å²) in [5, 5.41) is 13.3. The van der Waals surface area contributed by atoms with Gasteiger partial charge in [0.05, 0.1) is 17.5 Å². The van der Waals surface area contributed by atoms with Crippen LogP contribution in [0.2, 0.25) is 0 Å². The lowest BCUT2D eigenvalue weighted by Gasteiger charge is -2.12. The van der Waals surface area contributed by atoms with E-state index in [-0.39, 0.29) is 24.3 Å². The minimum Gasteiger partial charge on any atom is -0.394 e. The van der Waals surface area contributed by atoms with E-state index in [0.29, 0.717) is 16.9 Å². The third-order valence-electron chi connectivity index (χ3n) is 2.28. The number of hydrogen-bond donors (Lipinski definition) is 2. The maximum absolute atomic E-state index is 11.7. The van der Waals surface area contributed by atoms with Crippen LogP contribution in [0, 0.1) is 0 Å². The fraction of sp³-hybridized carbons (Fsp3) is 0.455. The van der Waals surface area contributed by atoms with E-state index in [9.17, 15) is 9.59 Å². The second kappa shape index (κ2) is 5.77.